The Kier molecular flexibility index (Phi) is 4.68. The summed E-state index contributed by atoms with van der Waals surface area (Å²) in [5, 5.41) is 46.9. The third-order valence-corrected chi connectivity index (χ3v) is 3.49. The topological polar surface area (TPSA) is 127 Å². The van der Waals surface area contributed by atoms with Crippen molar-refractivity contribution in [1.82, 2.24) is 0 Å². The quantitative estimate of drug-likeness (QED) is 0.411. The van der Waals surface area contributed by atoms with Crippen LogP contribution in [0.25, 0.3) is 0 Å². The van der Waals surface area contributed by atoms with E-state index in [0.29, 0.717) is 0 Å². The third-order valence-electron chi connectivity index (χ3n) is 3.49. The summed E-state index contributed by atoms with van der Waals surface area (Å²) in [7, 11) is 0. The third kappa shape index (κ3) is 2.81. The van der Waals surface area contributed by atoms with Gasteiger partial charge in [0.25, 0.3) is 0 Å². The van der Waals surface area contributed by atoms with E-state index in [-0.39, 0.29) is 6.42 Å². The molecule has 1 aliphatic heterocycles. The van der Waals surface area contributed by atoms with Crippen LogP contribution >= 0.6 is 0 Å². The molecule has 2 unspecified atom stereocenters. The number of carboxylic acids is 1. The van der Waals surface area contributed by atoms with Crippen LogP contribution in [-0.2, 0) is 9.53 Å². The van der Waals surface area contributed by atoms with E-state index in [1.165, 1.54) is 6.92 Å². The van der Waals surface area contributed by atoms with E-state index in [2.05, 4.69) is 0 Å². The minimum Gasteiger partial charge on any atom is -0.479 e. The molecule has 0 spiro atoms. The molecule has 0 aromatic heterocycles. The molecule has 0 bridgehead atoms. The Morgan fingerprint density at radius 1 is 1.50 bits per heavy atom. The van der Waals surface area contributed by atoms with Gasteiger partial charge in [-0.3, -0.25) is 0 Å². The number of rotatable bonds is 4. The van der Waals surface area contributed by atoms with E-state index in [9.17, 15) is 20.1 Å². The summed E-state index contributed by atoms with van der Waals surface area (Å²) in [5.74, 6) is -1.79. The number of ether oxygens (including phenoxy) is 1. The van der Waals surface area contributed by atoms with Crippen LogP contribution in [0, 0.1) is 5.92 Å². The lowest BCUT2D eigenvalue weighted by Crippen LogP contribution is -2.59. The summed E-state index contributed by atoms with van der Waals surface area (Å²) in [4.78, 5) is 11.1. The van der Waals surface area contributed by atoms with E-state index in [4.69, 9.17) is 14.9 Å². The molecule has 7 heteroatoms. The second-order valence-corrected chi connectivity index (χ2v) is 4.99. The van der Waals surface area contributed by atoms with Gasteiger partial charge in [-0.25, -0.2) is 4.79 Å². The minimum absolute atomic E-state index is 0.0953. The van der Waals surface area contributed by atoms with Crippen molar-refractivity contribution in [3.8, 4) is 0 Å². The maximum Gasteiger partial charge on any atom is 0.335 e. The van der Waals surface area contributed by atoms with Crippen LogP contribution in [0.4, 0.5) is 0 Å². The number of carbonyl (C=O) groups is 1. The zero-order valence-corrected chi connectivity index (χ0v) is 10.4. The molecule has 5 N–H and O–H groups in total. The lowest BCUT2D eigenvalue weighted by molar-refractivity contribution is -0.232. The summed E-state index contributed by atoms with van der Waals surface area (Å²) in [5.41, 5.74) is -1.62. The number of aliphatic carboxylic acids is 1. The monoisotopic (exact) mass is 264 g/mol. The van der Waals surface area contributed by atoms with Crippen molar-refractivity contribution in [2.24, 2.45) is 5.92 Å². The van der Waals surface area contributed by atoms with Crippen LogP contribution in [0.2, 0.25) is 0 Å². The molecule has 1 rings (SSSR count). The Balaban J connectivity index is 2.92. The fourth-order valence-electron chi connectivity index (χ4n) is 2.11. The highest BCUT2D eigenvalue weighted by molar-refractivity contribution is 5.77. The minimum atomic E-state index is -1.62. The van der Waals surface area contributed by atoms with Gasteiger partial charge in [-0.1, -0.05) is 6.92 Å². The van der Waals surface area contributed by atoms with E-state index < -0.39 is 48.5 Å². The first-order chi connectivity index (χ1) is 8.23. The summed E-state index contributed by atoms with van der Waals surface area (Å²) in [6, 6.07) is 0. The van der Waals surface area contributed by atoms with Crippen LogP contribution in [0.1, 0.15) is 20.3 Å². The van der Waals surface area contributed by atoms with Gasteiger partial charge in [0.05, 0.1) is 18.8 Å². The van der Waals surface area contributed by atoms with Crippen molar-refractivity contribution in [3.63, 3.8) is 0 Å². The van der Waals surface area contributed by atoms with Crippen molar-refractivity contribution < 1.29 is 35.1 Å². The van der Waals surface area contributed by atoms with E-state index in [1.807, 2.05) is 0 Å². The highest BCUT2D eigenvalue weighted by atomic mass is 16.6. The molecule has 18 heavy (non-hydrogen) atoms. The molecular weight excluding hydrogens is 244 g/mol. The fourth-order valence-corrected chi connectivity index (χ4v) is 2.11. The van der Waals surface area contributed by atoms with Gasteiger partial charge in [-0.2, -0.15) is 0 Å². The molecule has 0 aromatic carbocycles. The second-order valence-electron chi connectivity index (χ2n) is 4.99. The number of hydrogen-bond acceptors (Lipinski definition) is 6. The Morgan fingerprint density at radius 2 is 2.06 bits per heavy atom. The molecule has 1 saturated heterocycles. The lowest BCUT2D eigenvalue weighted by atomic mass is 9.81. The van der Waals surface area contributed by atoms with Crippen LogP contribution in [0.15, 0.2) is 0 Å². The lowest BCUT2D eigenvalue weighted by Gasteiger charge is -2.44. The van der Waals surface area contributed by atoms with Crippen LogP contribution in [0.5, 0.6) is 0 Å². The molecule has 1 aliphatic rings. The number of hydrogen-bond donors (Lipinski definition) is 5. The van der Waals surface area contributed by atoms with Gasteiger partial charge in [0.1, 0.15) is 12.2 Å². The molecule has 1 heterocycles. The van der Waals surface area contributed by atoms with Gasteiger partial charge >= 0.3 is 5.97 Å². The zero-order valence-electron chi connectivity index (χ0n) is 10.4. The Bertz CT molecular complexity index is 308. The zero-order chi connectivity index (χ0) is 14.1. The standard InChI is InChI=1S/C11H20O7/c1-5-6(13)3-11(2,10(16)17)18-9(5)8(15)7(14)4-12/h5-9,12-15H,3-4H2,1-2H3,(H,16,17)/t5-,6-,7?,8-,9?,11-/m1/s1. The van der Waals surface area contributed by atoms with Crippen molar-refractivity contribution in [2.45, 2.75) is 50.3 Å². The van der Waals surface area contributed by atoms with E-state index in [1.54, 1.807) is 6.92 Å². The first kappa shape index (κ1) is 15.3. The number of aliphatic hydroxyl groups is 4. The number of carboxylic acid groups (broad SMARTS) is 1. The summed E-state index contributed by atoms with van der Waals surface area (Å²) >= 11 is 0. The van der Waals surface area contributed by atoms with E-state index >= 15 is 0 Å². The normalized spacial score (nSPS) is 40.2. The summed E-state index contributed by atoms with van der Waals surface area (Å²) in [6.45, 7) is 2.22. The molecule has 1 fully saturated rings. The van der Waals surface area contributed by atoms with Gasteiger partial charge in [0, 0.05) is 12.3 Å². The molecule has 0 radical (unpaired) electrons. The highest BCUT2D eigenvalue weighted by Crippen LogP contribution is 2.35. The summed E-state index contributed by atoms with van der Waals surface area (Å²) in [6.07, 6.45) is -5.02. The van der Waals surface area contributed by atoms with Crippen LogP contribution in [-0.4, -0.2) is 68.1 Å². The molecular formula is C11H20O7. The number of aliphatic hydroxyl groups excluding tert-OH is 4. The molecule has 7 nitrogen and oxygen atoms in total. The largest absolute Gasteiger partial charge is 0.479 e. The fraction of sp³-hybridized carbons (Fsp3) is 0.909. The Hall–Kier alpha value is -0.730. The second kappa shape index (κ2) is 5.50. The van der Waals surface area contributed by atoms with E-state index in [0.717, 1.165) is 0 Å². The van der Waals surface area contributed by atoms with Crippen molar-refractivity contribution in [2.75, 3.05) is 6.61 Å². The predicted octanol–water partition coefficient (Wildman–Crippen LogP) is -1.67. The Labute approximate surface area is 105 Å². The SMILES string of the molecule is C[C@H]1C([C@H](O)C(O)CO)O[C@@](C)(C(=O)O)C[C@H]1O. The van der Waals surface area contributed by atoms with Gasteiger partial charge in [0.2, 0.25) is 0 Å². The Morgan fingerprint density at radius 3 is 2.50 bits per heavy atom. The smallest absolute Gasteiger partial charge is 0.335 e. The maximum atomic E-state index is 11.1. The molecule has 0 saturated carbocycles. The van der Waals surface area contributed by atoms with Crippen LogP contribution < -0.4 is 0 Å². The average Bonchev–Trinajstić information content (AvgIpc) is 2.31. The van der Waals surface area contributed by atoms with Crippen molar-refractivity contribution in [3.05, 3.63) is 0 Å². The van der Waals surface area contributed by atoms with Gasteiger partial charge in [-0.15, -0.1) is 0 Å². The van der Waals surface area contributed by atoms with Crippen molar-refractivity contribution in [1.29, 1.82) is 0 Å². The average molecular weight is 264 g/mol. The van der Waals surface area contributed by atoms with Crippen molar-refractivity contribution >= 4 is 5.97 Å². The first-order valence-corrected chi connectivity index (χ1v) is 5.79. The molecule has 0 aliphatic carbocycles. The van der Waals surface area contributed by atoms with Gasteiger partial charge in [-0.05, 0) is 6.92 Å². The maximum absolute atomic E-state index is 11.1. The highest BCUT2D eigenvalue weighted by Gasteiger charge is 2.49. The molecule has 106 valence electrons. The van der Waals surface area contributed by atoms with Gasteiger partial charge < -0.3 is 30.3 Å². The van der Waals surface area contributed by atoms with Gasteiger partial charge in [0.15, 0.2) is 5.60 Å². The summed E-state index contributed by atoms with van der Waals surface area (Å²) < 4.78 is 5.32. The van der Waals surface area contributed by atoms with Crippen LogP contribution in [0.3, 0.4) is 0 Å². The molecule has 0 aromatic rings. The molecule has 6 atom stereocenters. The first-order valence-electron chi connectivity index (χ1n) is 5.79. The predicted molar refractivity (Wildman–Crippen MR) is 59.8 cm³/mol. The molecule has 0 amide bonds.